The second kappa shape index (κ2) is 8.66. The van der Waals surface area contributed by atoms with Gasteiger partial charge in [-0.15, -0.1) is 0 Å². The molecule has 0 unspecified atom stereocenters. The predicted molar refractivity (Wildman–Crippen MR) is 106 cm³/mol. The highest BCUT2D eigenvalue weighted by atomic mass is 19.4. The van der Waals surface area contributed by atoms with Crippen molar-refractivity contribution < 1.29 is 18.0 Å². The Morgan fingerprint density at radius 1 is 1.10 bits per heavy atom. The van der Waals surface area contributed by atoms with Crippen LogP contribution in [0.25, 0.3) is 0 Å². The molecule has 160 valence electrons. The number of pyridine rings is 2. The van der Waals surface area contributed by atoms with Gasteiger partial charge in [0.05, 0.1) is 22.9 Å². The second-order valence-electron chi connectivity index (χ2n) is 7.11. The zero-order chi connectivity index (χ0) is 21.8. The number of likely N-dealkylation sites (tertiary alicyclic amines) is 1. The molecule has 1 N–H and O–H groups in total. The van der Waals surface area contributed by atoms with Gasteiger partial charge in [0.25, 0.3) is 5.91 Å². The van der Waals surface area contributed by atoms with Gasteiger partial charge in [0, 0.05) is 31.3 Å². The summed E-state index contributed by atoms with van der Waals surface area (Å²) in [6, 6.07) is 6.67. The molecule has 1 amide bonds. The summed E-state index contributed by atoms with van der Waals surface area (Å²) in [6.07, 6.45) is 3.79. The van der Waals surface area contributed by atoms with E-state index in [2.05, 4.69) is 25.3 Å². The van der Waals surface area contributed by atoms with Crippen LogP contribution in [0.2, 0.25) is 0 Å². The molecule has 1 fully saturated rings. The van der Waals surface area contributed by atoms with Gasteiger partial charge in [-0.05, 0) is 49.6 Å². The smallest absolute Gasteiger partial charge is 0.330 e. The Kier molecular flexibility index (Phi) is 5.79. The first-order valence-corrected chi connectivity index (χ1v) is 9.76. The number of hydrogen-bond acceptors (Lipinski definition) is 6. The number of piperidine rings is 1. The van der Waals surface area contributed by atoms with Crippen molar-refractivity contribution >= 4 is 17.7 Å². The number of nitrogens with zero attached hydrogens (tertiary/aromatic N) is 5. The average Bonchev–Trinajstić information content (AvgIpc) is 2.79. The van der Waals surface area contributed by atoms with E-state index in [1.165, 1.54) is 12.4 Å². The van der Waals surface area contributed by atoms with Crippen molar-refractivity contribution in [2.45, 2.75) is 31.5 Å². The Morgan fingerprint density at radius 2 is 1.94 bits per heavy atom. The molecular weight excluding hydrogens is 409 g/mol. The van der Waals surface area contributed by atoms with Gasteiger partial charge in [-0.25, -0.2) is 15.0 Å². The zero-order valence-corrected chi connectivity index (χ0v) is 16.4. The fraction of sp³-hybridized carbons (Fsp3) is 0.286. The Bertz CT molecular complexity index is 1060. The minimum Gasteiger partial charge on any atom is -0.330 e. The maximum Gasteiger partial charge on any atom is 0.416 e. The van der Waals surface area contributed by atoms with Crippen LogP contribution in [0.4, 0.5) is 24.9 Å². The maximum atomic E-state index is 13.0. The van der Waals surface area contributed by atoms with Crippen molar-refractivity contribution in [3.63, 3.8) is 0 Å². The molecule has 1 atom stereocenters. The van der Waals surface area contributed by atoms with Crippen LogP contribution in [-0.2, 0) is 6.18 Å². The average molecular weight is 428 g/mol. The highest BCUT2D eigenvalue weighted by Gasteiger charge is 2.31. The number of carbonyl (C=O) groups excluding carboxylic acids is 1. The van der Waals surface area contributed by atoms with Crippen LogP contribution in [0.3, 0.4) is 0 Å². The highest BCUT2D eigenvalue weighted by molar-refractivity contribution is 5.94. The van der Waals surface area contributed by atoms with Crippen LogP contribution in [0.5, 0.6) is 0 Å². The van der Waals surface area contributed by atoms with E-state index < -0.39 is 11.7 Å². The quantitative estimate of drug-likeness (QED) is 0.663. The van der Waals surface area contributed by atoms with Gasteiger partial charge in [0.2, 0.25) is 5.95 Å². The fourth-order valence-corrected chi connectivity index (χ4v) is 3.55. The van der Waals surface area contributed by atoms with E-state index in [9.17, 15) is 18.0 Å². The number of anilines is 2. The Labute approximate surface area is 176 Å². The summed E-state index contributed by atoms with van der Waals surface area (Å²) in [7, 11) is 0. The lowest BCUT2D eigenvalue weighted by atomic mass is 9.98. The van der Waals surface area contributed by atoms with E-state index in [1.807, 2.05) is 0 Å². The molecule has 10 heteroatoms. The van der Waals surface area contributed by atoms with E-state index in [4.69, 9.17) is 0 Å². The van der Waals surface area contributed by atoms with Crippen molar-refractivity contribution in [1.82, 2.24) is 24.8 Å². The summed E-state index contributed by atoms with van der Waals surface area (Å²) >= 11 is 0. The Balaban J connectivity index is 1.57. The van der Waals surface area contributed by atoms with Gasteiger partial charge in [0.1, 0.15) is 5.82 Å². The monoisotopic (exact) mass is 428 g/mol. The lowest BCUT2D eigenvalue weighted by Gasteiger charge is -2.35. The van der Waals surface area contributed by atoms with E-state index in [0.29, 0.717) is 17.8 Å². The van der Waals surface area contributed by atoms with Gasteiger partial charge in [-0.1, -0.05) is 0 Å². The number of aromatic nitrogens is 4. The van der Waals surface area contributed by atoms with Crippen molar-refractivity contribution in [1.29, 1.82) is 0 Å². The molecule has 4 rings (SSSR count). The van der Waals surface area contributed by atoms with Crippen molar-refractivity contribution in [2.24, 2.45) is 0 Å². The number of hydrogen-bond donors (Lipinski definition) is 1. The fourth-order valence-electron chi connectivity index (χ4n) is 3.55. The van der Waals surface area contributed by atoms with Gasteiger partial charge in [-0.2, -0.15) is 13.2 Å². The van der Waals surface area contributed by atoms with E-state index >= 15 is 0 Å². The highest BCUT2D eigenvalue weighted by Crippen LogP contribution is 2.32. The van der Waals surface area contributed by atoms with E-state index in [0.717, 1.165) is 37.6 Å². The van der Waals surface area contributed by atoms with Crippen LogP contribution in [0.15, 0.2) is 55.1 Å². The molecule has 1 saturated heterocycles. The standard InChI is InChI=1S/C21H19F3N6O/c22-21(23,24)15-6-9-26-18(12-15)29-20-27-10-7-16(28-20)17-5-1-2-11-30(17)19(31)14-4-3-8-25-13-14/h3-4,6-10,12-13,17H,1-2,5,11H2,(H,26,27,28,29)/t17-/m0/s1. The topological polar surface area (TPSA) is 83.9 Å². The minimum atomic E-state index is -4.47. The van der Waals surface area contributed by atoms with E-state index in [-0.39, 0.29) is 23.7 Å². The molecule has 0 spiro atoms. The first kappa shape index (κ1) is 20.7. The van der Waals surface area contributed by atoms with Crippen molar-refractivity contribution in [3.8, 4) is 0 Å². The molecule has 1 aliphatic rings. The molecule has 1 aliphatic heterocycles. The summed E-state index contributed by atoms with van der Waals surface area (Å²) in [5.41, 5.74) is 0.290. The summed E-state index contributed by atoms with van der Waals surface area (Å²) < 4.78 is 38.8. The molecule has 0 bridgehead atoms. The minimum absolute atomic E-state index is 0.0149. The third-order valence-corrected chi connectivity index (χ3v) is 5.02. The number of nitrogens with one attached hydrogen (secondary N) is 1. The SMILES string of the molecule is O=C(c1cccnc1)N1CCCC[C@H]1c1ccnc(Nc2cc(C(F)(F)F)ccn2)n1. The normalized spacial score (nSPS) is 16.7. The van der Waals surface area contributed by atoms with Crippen molar-refractivity contribution in [2.75, 3.05) is 11.9 Å². The lowest BCUT2D eigenvalue weighted by molar-refractivity contribution is -0.137. The third-order valence-electron chi connectivity index (χ3n) is 5.02. The summed E-state index contributed by atoms with van der Waals surface area (Å²) in [4.78, 5) is 31.2. The number of carbonyl (C=O) groups is 1. The summed E-state index contributed by atoms with van der Waals surface area (Å²) in [5, 5.41) is 2.72. The third kappa shape index (κ3) is 4.79. The maximum absolute atomic E-state index is 13.0. The number of alkyl halides is 3. The van der Waals surface area contributed by atoms with Crippen LogP contribution in [0, 0.1) is 0 Å². The largest absolute Gasteiger partial charge is 0.416 e. The van der Waals surface area contributed by atoms with Crippen molar-refractivity contribution in [3.05, 3.63) is 71.9 Å². The Hall–Kier alpha value is -3.56. The van der Waals surface area contributed by atoms with E-state index in [1.54, 1.807) is 29.3 Å². The number of amides is 1. The molecule has 0 radical (unpaired) electrons. The van der Waals surface area contributed by atoms with Crippen LogP contribution >= 0.6 is 0 Å². The molecule has 3 aromatic heterocycles. The first-order chi connectivity index (χ1) is 14.9. The first-order valence-electron chi connectivity index (χ1n) is 9.76. The second-order valence-corrected chi connectivity index (χ2v) is 7.11. The zero-order valence-electron chi connectivity index (χ0n) is 16.4. The van der Waals surface area contributed by atoms with Gasteiger partial charge in [0.15, 0.2) is 0 Å². The molecule has 0 saturated carbocycles. The molecule has 7 nitrogen and oxygen atoms in total. The molecule has 4 heterocycles. The molecule has 31 heavy (non-hydrogen) atoms. The van der Waals surface area contributed by atoms with Crippen LogP contribution in [-0.4, -0.2) is 37.3 Å². The van der Waals surface area contributed by atoms with Gasteiger partial charge >= 0.3 is 6.18 Å². The van der Waals surface area contributed by atoms with Crippen LogP contribution in [0.1, 0.15) is 46.9 Å². The number of halogens is 3. The van der Waals surface area contributed by atoms with Gasteiger partial charge < -0.3 is 10.2 Å². The van der Waals surface area contributed by atoms with Crippen LogP contribution < -0.4 is 5.32 Å². The summed E-state index contributed by atoms with van der Waals surface area (Å²) in [5.74, 6) is -0.0342. The lowest BCUT2D eigenvalue weighted by Crippen LogP contribution is -2.39. The Morgan fingerprint density at radius 3 is 2.71 bits per heavy atom. The molecular formula is C21H19F3N6O. The number of rotatable bonds is 4. The van der Waals surface area contributed by atoms with Gasteiger partial charge in [-0.3, -0.25) is 9.78 Å². The molecule has 3 aromatic rings. The molecule has 0 aromatic carbocycles. The summed E-state index contributed by atoms with van der Waals surface area (Å²) in [6.45, 7) is 0.584. The molecule has 0 aliphatic carbocycles. The predicted octanol–water partition coefficient (Wildman–Crippen LogP) is 4.40.